The molecule has 2 rings (SSSR count). The largest absolute Gasteiger partial charge is 0.348 e. The van der Waals surface area contributed by atoms with Gasteiger partial charge in [0.05, 0.1) is 11.8 Å². The van der Waals surface area contributed by atoms with E-state index in [1.807, 2.05) is 32.0 Å². The quantitative estimate of drug-likeness (QED) is 0.847. The third kappa shape index (κ3) is 4.83. The van der Waals surface area contributed by atoms with E-state index in [1.54, 1.807) is 0 Å². The first-order chi connectivity index (χ1) is 10.4. The molecule has 0 saturated heterocycles. The zero-order valence-electron chi connectivity index (χ0n) is 13.3. The number of aryl methyl sites for hydroxylation is 1. The van der Waals surface area contributed by atoms with Crippen LogP contribution in [0.4, 0.5) is 0 Å². The number of fused-ring (bicyclic) bond motifs is 1. The van der Waals surface area contributed by atoms with E-state index >= 15 is 0 Å². The number of rotatable bonds is 5. The molecule has 0 aromatic heterocycles. The van der Waals surface area contributed by atoms with Gasteiger partial charge in [0.25, 0.3) is 0 Å². The molecular weight excluding hydrogens is 298 g/mol. The summed E-state index contributed by atoms with van der Waals surface area (Å²) in [7, 11) is -3.33. The Hall–Kier alpha value is -1.36. The number of carbonyl (C=O) groups is 1. The van der Waals surface area contributed by atoms with Gasteiger partial charge in [-0.05, 0) is 36.3 Å². The minimum absolute atomic E-state index is 0.0383. The highest BCUT2D eigenvalue weighted by Crippen LogP contribution is 2.28. The highest BCUT2D eigenvalue weighted by molar-refractivity contribution is 7.92. The van der Waals surface area contributed by atoms with Gasteiger partial charge in [0.15, 0.2) is 9.84 Å². The number of sulfone groups is 1. The van der Waals surface area contributed by atoms with Crippen LogP contribution in [0.1, 0.15) is 50.3 Å². The van der Waals surface area contributed by atoms with Crippen molar-refractivity contribution in [1.29, 1.82) is 0 Å². The smallest absolute Gasteiger partial charge is 0.235 e. The fourth-order valence-corrected chi connectivity index (χ4v) is 4.69. The molecule has 1 amide bonds. The molecule has 22 heavy (non-hydrogen) atoms. The third-order valence-corrected chi connectivity index (χ3v) is 5.77. The Labute approximate surface area is 133 Å². The first-order valence-corrected chi connectivity index (χ1v) is 9.77. The molecular formula is C17H25NO3S. The van der Waals surface area contributed by atoms with E-state index in [4.69, 9.17) is 0 Å². The molecule has 0 heterocycles. The summed E-state index contributed by atoms with van der Waals surface area (Å²) in [6.07, 6.45) is 4.04. The van der Waals surface area contributed by atoms with Crippen LogP contribution >= 0.6 is 0 Å². The zero-order chi connectivity index (χ0) is 16.2. The van der Waals surface area contributed by atoms with Gasteiger partial charge in [0.1, 0.15) is 5.75 Å². The summed E-state index contributed by atoms with van der Waals surface area (Å²) in [5, 5.41) is 2.93. The molecule has 0 radical (unpaired) electrons. The first kappa shape index (κ1) is 17.0. The second-order valence-electron chi connectivity index (χ2n) is 6.51. The number of benzene rings is 1. The van der Waals surface area contributed by atoms with Crippen molar-refractivity contribution in [3.63, 3.8) is 0 Å². The molecule has 0 aliphatic heterocycles. The predicted molar refractivity (Wildman–Crippen MR) is 88.4 cm³/mol. The molecule has 1 N–H and O–H groups in total. The fourth-order valence-electron chi connectivity index (χ4n) is 3.07. The predicted octanol–water partition coefficient (Wildman–Crippen LogP) is 2.64. The van der Waals surface area contributed by atoms with Gasteiger partial charge in [-0.3, -0.25) is 4.79 Å². The summed E-state index contributed by atoms with van der Waals surface area (Å²) in [4.78, 5) is 12.1. The van der Waals surface area contributed by atoms with Crippen molar-refractivity contribution in [2.75, 3.05) is 11.5 Å². The van der Waals surface area contributed by atoms with E-state index in [0.29, 0.717) is 0 Å². The van der Waals surface area contributed by atoms with Crippen LogP contribution in [0.2, 0.25) is 0 Å². The van der Waals surface area contributed by atoms with Crippen molar-refractivity contribution in [3.05, 3.63) is 35.4 Å². The van der Waals surface area contributed by atoms with Crippen LogP contribution in [0, 0.1) is 5.92 Å². The van der Waals surface area contributed by atoms with Crippen LogP contribution in [0.5, 0.6) is 0 Å². The van der Waals surface area contributed by atoms with E-state index in [-0.39, 0.29) is 23.6 Å². The van der Waals surface area contributed by atoms with Crippen LogP contribution in [-0.4, -0.2) is 25.8 Å². The molecule has 0 bridgehead atoms. The highest BCUT2D eigenvalue weighted by Gasteiger charge is 2.23. The van der Waals surface area contributed by atoms with Crippen molar-refractivity contribution >= 4 is 15.7 Å². The van der Waals surface area contributed by atoms with Gasteiger partial charge in [-0.1, -0.05) is 44.5 Å². The maximum absolute atomic E-state index is 12.1. The van der Waals surface area contributed by atoms with Crippen LogP contribution in [0.3, 0.4) is 0 Å². The van der Waals surface area contributed by atoms with Gasteiger partial charge >= 0.3 is 0 Å². The van der Waals surface area contributed by atoms with Crippen molar-refractivity contribution < 1.29 is 13.2 Å². The van der Waals surface area contributed by atoms with E-state index in [1.165, 1.54) is 5.56 Å². The summed E-state index contributed by atoms with van der Waals surface area (Å²) >= 11 is 0. The third-order valence-electron chi connectivity index (χ3n) is 3.89. The van der Waals surface area contributed by atoms with Crippen molar-refractivity contribution in [3.8, 4) is 0 Å². The van der Waals surface area contributed by atoms with E-state index in [9.17, 15) is 13.2 Å². The Balaban J connectivity index is 2.06. The molecule has 1 aliphatic rings. The average Bonchev–Trinajstić information content (AvgIpc) is 2.59. The van der Waals surface area contributed by atoms with Gasteiger partial charge in [-0.25, -0.2) is 8.42 Å². The monoisotopic (exact) mass is 323 g/mol. The van der Waals surface area contributed by atoms with E-state index < -0.39 is 15.6 Å². The van der Waals surface area contributed by atoms with Gasteiger partial charge in [0.2, 0.25) is 5.91 Å². The second-order valence-corrected chi connectivity index (χ2v) is 8.62. The standard InChI is InChI=1S/C17H25NO3S/c1-13(2)11-22(20,21)12-17(19)18-16-10-6-4-8-14-7-3-5-9-15(14)16/h3,5,7,9,13,16H,4,6,8,10-12H2,1-2H3,(H,18,19)/t16-/m0/s1. The molecule has 0 fully saturated rings. The lowest BCUT2D eigenvalue weighted by atomic mass is 9.99. The number of amides is 1. The zero-order valence-corrected chi connectivity index (χ0v) is 14.2. The normalized spacial score (nSPS) is 18.6. The maximum Gasteiger partial charge on any atom is 0.235 e. The topological polar surface area (TPSA) is 63.2 Å². The SMILES string of the molecule is CC(C)CS(=O)(=O)CC(=O)N[C@H]1CCCCc2ccccc21. The van der Waals surface area contributed by atoms with Gasteiger partial charge < -0.3 is 5.32 Å². The molecule has 0 spiro atoms. The van der Waals surface area contributed by atoms with E-state index in [2.05, 4.69) is 11.4 Å². The Morgan fingerprint density at radius 2 is 2.00 bits per heavy atom. The van der Waals surface area contributed by atoms with Crippen LogP contribution in [0.25, 0.3) is 0 Å². The Morgan fingerprint density at radius 3 is 2.73 bits per heavy atom. The minimum atomic E-state index is -3.33. The molecule has 4 nitrogen and oxygen atoms in total. The number of hydrogen-bond donors (Lipinski definition) is 1. The molecule has 1 aromatic carbocycles. The lowest BCUT2D eigenvalue weighted by molar-refractivity contribution is -0.119. The Kier molecular flexibility index (Phi) is 5.62. The van der Waals surface area contributed by atoms with Crippen molar-refractivity contribution in [1.82, 2.24) is 5.32 Å². The van der Waals surface area contributed by atoms with Gasteiger partial charge in [0, 0.05) is 0 Å². The highest BCUT2D eigenvalue weighted by atomic mass is 32.2. The minimum Gasteiger partial charge on any atom is -0.348 e. The first-order valence-electron chi connectivity index (χ1n) is 7.95. The lowest BCUT2D eigenvalue weighted by Gasteiger charge is -2.19. The number of carbonyl (C=O) groups excluding carboxylic acids is 1. The summed E-state index contributed by atoms with van der Waals surface area (Å²) in [5.41, 5.74) is 2.39. The van der Waals surface area contributed by atoms with Crippen LogP contribution < -0.4 is 5.32 Å². The maximum atomic E-state index is 12.1. The van der Waals surface area contributed by atoms with Gasteiger partial charge in [-0.15, -0.1) is 0 Å². The van der Waals surface area contributed by atoms with E-state index in [0.717, 1.165) is 31.2 Å². The summed E-state index contributed by atoms with van der Waals surface area (Å²) in [6.45, 7) is 3.69. The molecule has 1 aliphatic carbocycles. The Bertz CT molecular complexity index is 623. The molecule has 1 atom stereocenters. The fraction of sp³-hybridized carbons (Fsp3) is 0.588. The number of hydrogen-bond acceptors (Lipinski definition) is 3. The second kappa shape index (κ2) is 7.27. The molecule has 122 valence electrons. The Morgan fingerprint density at radius 1 is 1.27 bits per heavy atom. The number of nitrogens with one attached hydrogen (secondary N) is 1. The summed E-state index contributed by atoms with van der Waals surface area (Å²) in [5.74, 6) is -0.704. The summed E-state index contributed by atoms with van der Waals surface area (Å²) < 4.78 is 23.9. The van der Waals surface area contributed by atoms with Crippen LogP contribution in [0.15, 0.2) is 24.3 Å². The van der Waals surface area contributed by atoms with Gasteiger partial charge in [-0.2, -0.15) is 0 Å². The molecule has 1 aromatic rings. The van der Waals surface area contributed by atoms with Crippen molar-refractivity contribution in [2.24, 2.45) is 5.92 Å². The van der Waals surface area contributed by atoms with Crippen LogP contribution in [-0.2, 0) is 21.1 Å². The molecule has 0 unspecified atom stereocenters. The molecule has 5 heteroatoms. The molecule has 0 saturated carbocycles. The lowest BCUT2D eigenvalue weighted by Crippen LogP contribution is -2.35. The summed E-state index contributed by atoms with van der Waals surface area (Å²) in [6, 6.07) is 8.04. The van der Waals surface area contributed by atoms with Crippen molar-refractivity contribution in [2.45, 2.75) is 45.6 Å². The average molecular weight is 323 g/mol.